The minimum Gasteiger partial charge on any atom is -0.458 e. The van der Waals surface area contributed by atoms with E-state index in [1.807, 2.05) is 18.4 Å². The predicted molar refractivity (Wildman–Crippen MR) is 122 cm³/mol. The number of hydrogen-bond acceptors (Lipinski definition) is 4. The van der Waals surface area contributed by atoms with Gasteiger partial charge in [-0.1, -0.05) is 13.8 Å². The van der Waals surface area contributed by atoms with Crippen LogP contribution in [0.25, 0.3) is 28.7 Å². The molecule has 2 aromatic carbocycles. The van der Waals surface area contributed by atoms with Crippen molar-refractivity contribution in [3.63, 3.8) is 0 Å². The first kappa shape index (κ1) is 22.9. The van der Waals surface area contributed by atoms with Crippen LogP contribution in [-0.4, -0.2) is 32.3 Å². The van der Waals surface area contributed by atoms with Crippen LogP contribution in [0.1, 0.15) is 45.4 Å². The fraction of sp³-hybridized carbons (Fsp3) is 0.308. The normalized spacial score (nSPS) is 21.1. The maximum Gasteiger partial charge on any atom is 0.309 e. The number of benzene rings is 2. The average Bonchev–Trinajstić information content (AvgIpc) is 3.12. The van der Waals surface area contributed by atoms with E-state index >= 15 is 0 Å². The lowest BCUT2D eigenvalue weighted by atomic mass is 9.92. The zero-order valence-electron chi connectivity index (χ0n) is 18.8. The van der Waals surface area contributed by atoms with Gasteiger partial charge in [0, 0.05) is 29.7 Å². The standard InChI is InChI=1S/C26H26F2N2O3/c1-16(2)25-29-23(17-4-8-19(27)9-5-17)24(18-6-10-20(28)11-7-18)30(25)13-12-21-14-26(3,32)15-22(31)33-21/h4-13,16,21,32H,14-15H2,1-3H3/t21-,26-/m0/s1. The molecule has 7 heteroatoms. The van der Waals surface area contributed by atoms with Crippen molar-refractivity contribution >= 4 is 12.2 Å². The number of aliphatic hydroxyl groups is 1. The van der Waals surface area contributed by atoms with Gasteiger partial charge < -0.3 is 14.4 Å². The highest BCUT2D eigenvalue weighted by Gasteiger charge is 2.35. The van der Waals surface area contributed by atoms with Crippen molar-refractivity contribution in [2.24, 2.45) is 0 Å². The van der Waals surface area contributed by atoms with Gasteiger partial charge in [-0.3, -0.25) is 4.79 Å². The highest BCUT2D eigenvalue weighted by atomic mass is 19.1. The molecule has 0 unspecified atom stereocenters. The maximum absolute atomic E-state index is 13.7. The van der Waals surface area contributed by atoms with Crippen molar-refractivity contribution in [1.82, 2.24) is 9.55 Å². The third-order valence-corrected chi connectivity index (χ3v) is 5.59. The van der Waals surface area contributed by atoms with E-state index in [4.69, 9.17) is 9.72 Å². The van der Waals surface area contributed by atoms with E-state index in [-0.39, 0.29) is 30.4 Å². The highest BCUT2D eigenvalue weighted by Crippen LogP contribution is 2.36. The molecule has 0 aliphatic carbocycles. The lowest BCUT2D eigenvalue weighted by molar-refractivity contribution is -0.163. The van der Waals surface area contributed by atoms with Crippen molar-refractivity contribution in [3.05, 3.63) is 72.1 Å². The summed E-state index contributed by atoms with van der Waals surface area (Å²) in [6.07, 6.45) is 3.12. The lowest BCUT2D eigenvalue weighted by Gasteiger charge is -2.31. The molecule has 0 bridgehead atoms. The Morgan fingerprint density at radius 3 is 2.21 bits per heavy atom. The smallest absolute Gasteiger partial charge is 0.309 e. The molecule has 0 amide bonds. The zero-order valence-corrected chi connectivity index (χ0v) is 18.8. The average molecular weight is 453 g/mol. The molecule has 5 nitrogen and oxygen atoms in total. The van der Waals surface area contributed by atoms with Crippen molar-refractivity contribution in [2.45, 2.75) is 51.2 Å². The summed E-state index contributed by atoms with van der Waals surface area (Å²) in [4.78, 5) is 16.8. The second-order valence-electron chi connectivity index (χ2n) is 8.95. The molecule has 1 aliphatic heterocycles. The Morgan fingerprint density at radius 1 is 1.09 bits per heavy atom. The molecule has 3 aromatic rings. The Bertz CT molecular complexity index is 1180. The Hall–Kier alpha value is -3.32. The molecule has 0 radical (unpaired) electrons. The van der Waals surface area contributed by atoms with Crippen LogP contribution in [0.15, 0.2) is 54.6 Å². The van der Waals surface area contributed by atoms with Crippen LogP contribution < -0.4 is 0 Å². The van der Waals surface area contributed by atoms with E-state index in [9.17, 15) is 18.7 Å². The Labute approximate surface area is 191 Å². The molecule has 2 atom stereocenters. The molecule has 4 rings (SSSR count). The van der Waals surface area contributed by atoms with Crippen LogP contribution in [0, 0.1) is 11.6 Å². The summed E-state index contributed by atoms with van der Waals surface area (Å²) < 4.78 is 34.5. The number of imidazole rings is 1. The van der Waals surface area contributed by atoms with Crippen LogP contribution in [0.5, 0.6) is 0 Å². The van der Waals surface area contributed by atoms with Gasteiger partial charge in [0.05, 0.1) is 23.4 Å². The van der Waals surface area contributed by atoms with E-state index in [0.717, 1.165) is 17.0 Å². The molecule has 1 saturated heterocycles. The number of aromatic nitrogens is 2. The number of esters is 1. The molecule has 0 saturated carbocycles. The number of cyclic esters (lactones) is 1. The van der Waals surface area contributed by atoms with E-state index < -0.39 is 17.7 Å². The van der Waals surface area contributed by atoms with Crippen molar-refractivity contribution in [3.8, 4) is 22.5 Å². The number of hydrogen-bond donors (Lipinski definition) is 1. The van der Waals surface area contributed by atoms with Gasteiger partial charge in [-0.15, -0.1) is 0 Å². The molecular weight excluding hydrogens is 426 g/mol. The topological polar surface area (TPSA) is 64.3 Å². The lowest BCUT2D eigenvalue weighted by Crippen LogP contribution is -2.40. The molecule has 1 aromatic heterocycles. The minimum absolute atomic E-state index is 0.0278. The van der Waals surface area contributed by atoms with Crippen molar-refractivity contribution in [2.75, 3.05) is 0 Å². The van der Waals surface area contributed by atoms with E-state index in [1.54, 1.807) is 43.5 Å². The number of halogens is 2. The van der Waals surface area contributed by atoms with Gasteiger partial charge in [0.2, 0.25) is 0 Å². The molecular formula is C26H26F2N2O3. The Balaban J connectivity index is 1.86. The van der Waals surface area contributed by atoms with Crippen LogP contribution in [-0.2, 0) is 9.53 Å². The SMILES string of the molecule is CC(C)c1nc(-c2ccc(F)cc2)c(-c2ccc(F)cc2)n1C=C[C@H]1C[C@](C)(O)CC(=O)O1. The second kappa shape index (κ2) is 8.90. The van der Waals surface area contributed by atoms with Crippen LogP contribution in [0.4, 0.5) is 8.78 Å². The zero-order chi connectivity index (χ0) is 23.8. The number of rotatable bonds is 5. The quantitative estimate of drug-likeness (QED) is 0.516. The van der Waals surface area contributed by atoms with Gasteiger partial charge in [-0.05, 0) is 61.5 Å². The Kier molecular flexibility index (Phi) is 6.17. The molecule has 1 fully saturated rings. The van der Waals surface area contributed by atoms with E-state index in [2.05, 4.69) is 0 Å². The number of carbonyl (C=O) groups excluding carboxylic acids is 1. The predicted octanol–water partition coefficient (Wildman–Crippen LogP) is 5.55. The first-order chi connectivity index (χ1) is 15.6. The number of nitrogens with zero attached hydrogens (tertiary/aromatic N) is 2. The molecule has 172 valence electrons. The van der Waals surface area contributed by atoms with Gasteiger partial charge in [0.25, 0.3) is 0 Å². The molecule has 2 heterocycles. The van der Waals surface area contributed by atoms with Crippen molar-refractivity contribution in [1.29, 1.82) is 0 Å². The Morgan fingerprint density at radius 2 is 1.67 bits per heavy atom. The van der Waals surface area contributed by atoms with Crippen LogP contribution >= 0.6 is 0 Å². The van der Waals surface area contributed by atoms with Gasteiger partial charge >= 0.3 is 5.97 Å². The van der Waals surface area contributed by atoms with Gasteiger partial charge in [-0.2, -0.15) is 0 Å². The second-order valence-corrected chi connectivity index (χ2v) is 8.95. The minimum atomic E-state index is -1.14. The fourth-order valence-electron chi connectivity index (χ4n) is 4.06. The summed E-state index contributed by atoms with van der Waals surface area (Å²) in [6.45, 7) is 5.61. The summed E-state index contributed by atoms with van der Waals surface area (Å²) in [5, 5.41) is 10.4. The molecule has 1 N–H and O–H groups in total. The third-order valence-electron chi connectivity index (χ3n) is 5.59. The van der Waals surface area contributed by atoms with Crippen LogP contribution in [0.2, 0.25) is 0 Å². The third kappa shape index (κ3) is 5.03. The van der Waals surface area contributed by atoms with Gasteiger partial charge in [-0.25, -0.2) is 13.8 Å². The summed E-state index contributed by atoms with van der Waals surface area (Å²) in [7, 11) is 0. The summed E-state index contributed by atoms with van der Waals surface area (Å²) in [6, 6.07) is 12.1. The van der Waals surface area contributed by atoms with E-state index in [1.165, 1.54) is 24.3 Å². The van der Waals surface area contributed by atoms with Crippen LogP contribution in [0.3, 0.4) is 0 Å². The summed E-state index contributed by atoms with van der Waals surface area (Å²) in [5.74, 6) is -0.402. The van der Waals surface area contributed by atoms with Gasteiger partial charge in [0.15, 0.2) is 0 Å². The summed E-state index contributed by atoms with van der Waals surface area (Å²) >= 11 is 0. The molecule has 1 aliphatic rings. The first-order valence-electron chi connectivity index (χ1n) is 10.9. The van der Waals surface area contributed by atoms with E-state index in [0.29, 0.717) is 11.4 Å². The fourth-order valence-corrected chi connectivity index (χ4v) is 4.06. The number of carbonyl (C=O) groups is 1. The maximum atomic E-state index is 13.7. The monoisotopic (exact) mass is 452 g/mol. The van der Waals surface area contributed by atoms with Gasteiger partial charge in [0.1, 0.15) is 23.6 Å². The first-order valence-corrected chi connectivity index (χ1v) is 10.9. The molecule has 33 heavy (non-hydrogen) atoms. The summed E-state index contributed by atoms with van der Waals surface area (Å²) in [5.41, 5.74) is 1.64. The number of ether oxygens (including phenoxy) is 1. The van der Waals surface area contributed by atoms with Crippen molar-refractivity contribution < 1.29 is 23.4 Å². The molecule has 0 spiro atoms. The largest absolute Gasteiger partial charge is 0.458 e. The highest BCUT2D eigenvalue weighted by molar-refractivity contribution is 5.81.